The number of halogens is 4. The third-order valence-corrected chi connectivity index (χ3v) is 4.31. The molecule has 0 aliphatic carbocycles. The summed E-state index contributed by atoms with van der Waals surface area (Å²) in [7, 11) is 0. The van der Waals surface area contributed by atoms with Gasteiger partial charge >= 0.3 is 6.18 Å². The Morgan fingerprint density at radius 3 is 2.63 bits per heavy atom. The van der Waals surface area contributed by atoms with Gasteiger partial charge in [0, 0.05) is 0 Å². The summed E-state index contributed by atoms with van der Waals surface area (Å²) in [4.78, 5) is 16.3. The maximum absolute atomic E-state index is 13.0. The molecule has 4 aromatic rings. The molecule has 0 amide bonds. The van der Waals surface area contributed by atoms with Crippen LogP contribution in [0, 0.1) is 11.3 Å². The van der Waals surface area contributed by atoms with Gasteiger partial charge in [-0.3, -0.25) is 0 Å². The van der Waals surface area contributed by atoms with Crippen LogP contribution in [0.2, 0.25) is 5.02 Å². The molecule has 0 radical (unpaired) electrons. The van der Waals surface area contributed by atoms with E-state index < -0.39 is 17.8 Å². The number of nitrogens with one attached hydrogen (secondary N) is 1. The number of benzene rings is 1. The highest BCUT2D eigenvalue weighted by Crippen LogP contribution is 2.36. The normalized spacial score (nSPS) is 12.7. The number of alkyl halides is 3. The predicted molar refractivity (Wildman–Crippen MR) is 97.7 cm³/mol. The molecule has 30 heavy (non-hydrogen) atoms. The first-order chi connectivity index (χ1) is 14.3. The zero-order chi connectivity index (χ0) is 21.5. The van der Waals surface area contributed by atoms with Crippen molar-refractivity contribution in [1.29, 1.82) is 5.26 Å². The lowest BCUT2D eigenvalue weighted by Crippen LogP contribution is -2.15. The minimum absolute atomic E-state index is 0.0243. The molecule has 1 aromatic carbocycles. The van der Waals surface area contributed by atoms with E-state index in [1.165, 1.54) is 23.4 Å². The van der Waals surface area contributed by atoms with Crippen LogP contribution in [0.1, 0.15) is 29.9 Å². The van der Waals surface area contributed by atoms with Crippen molar-refractivity contribution in [3.05, 3.63) is 52.8 Å². The first kappa shape index (κ1) is 19.6. The van der Waals surface area contributed by atoms with E-state index in [0.717, 1.165) is 12.1 Å². The Morgan fingerprint density at radius 2 is 1.97 bits per heavy atom. The van der Waals surface area contributed by atoms with Gasteiger partial charge in [-0.2, -0.15) is 33.2 Å². The molecular weight excluding hydrogens is 425 g/mol. The lowest BCUT2D eigenvalue weighted by molar-refractivity contribution is -0.137. The summed E-state index contributed by atoms with van der Waals surface area (Å²) in [5.41, 5.74) is -0.656. The maximum atomic E-state index is 13.0. The SMILES string of the molecule is C[C@H](Nc1nc2cc(C(F)(F)F)cc(Cl)c2o1)c1ncnn1-c1ncc(C#N)cn1. The van der Waals surface area contributed by atoms with E-state index in [4.69, 9.17) is 21.3 Å². The molecule has 1 N–H and O–H groups in total. The second-order valence-electron chi connectivity index (χ2n) is 6.10. The number of nitrogens with zero attached hydrogens (tertiary/aromatic N) is 7. The van der Waals surface area contributed by atoms with Gasteiger partial charge in [0.2, 0.25) is 0 Å². The molecule has 0 aliphatic heterocycles. The molecule has 0 saturated heterocycles. The summed E-state index contributed by atoms with van der Waals surface area (Å²) >= 11 is 5.92. The smallest absolute Gasteiger partial charge is 0.416 e. The van der Waals surface area contributed by atoms with Gasteiger partial charge in [0.15, 0.2) is 11.4 Å². The highest BCUT2D eigenvalue weighted by molar-refractivity contribution is 6.34. The van der Waals surface area contributed by atoms with Crippen LogP contribution in [-0.4, -0.2) is 29.7 Å². The molecule has 0 aliphatic rings. The third-order valence-electron chi connectivity index (χ3n) is 4.03. The quantitative estimate of drug-likeness (QED) is 0.513. The van der Waals surface area contributed by atoms with E-state index in [1.807, 2.05) is 6.07 Å². The van der Waals surface area contributed by atoms with Crippen molar-refractivity contribution in [2.75, 3.05) is 5.32 Å². The van der Waals surface area contributed by atoms with Crippen LogP contribution < -0.4 is 5.32 Å². The van der Waals surface area contributed by atoms with E-state index in [9.17, 15) is 13.2 Å². The Labute approximate surface area is 171 Å². The van der Waals surface area contributed by atoms with Crippen molar-refractivity contribution >= 4 is 28.7 Å². The fourth-order valence-electron chi connectivity index (χ4n) is 2.66. The second-order valence-corrected chi connectivity index (χ2v) is 6.51. The van der Waals surface area contributed by atoms with E-state index in [1.54, 1.807) is 6.92 Å². The number of fused-ring (bicyclic) bond motifs is 1. The lowest BCUT2D eigenvalue weighted by atomic mass is 10.2. The van der Waals surface area contributed by atoms with Gasteiger partial charge in [-0.05, 0) is 19.1 Å². The maximum Gasteiger partial charge on any atom is 0.416 e. The van der Waals surface area contributed by atoms with Crippen LogP contribution in [0.3, 0.4) is 0 Å². The van der Waals surface area contributed by atoms with E-state index in [0.29, 0.717) is 5.82 Å². The molecule has 3 heterocycles. The standard InChI is InChI=1S/C17H10ClF3N8O/c1-8(14-25-7-26-29(14)15-23-5-9(4-22)6-24-15)27-16-28-12-3-10(17(19,20)21)2-11(18)13(12)30-16/h2-3,5-8H,1H3,(H,27,28)/t8-/m0/s1. The Balaban J connectivity index is 1.62. The monoisotopic (exact) mass is 434 g/mol. The van der Waals surface area contributed by atoms with Gasteiger partial charge in [-0.15, -0.1) is 0 Å². The Morgan fingerprint density at radius 1 is 1.23 bits per heavy atom. The van der Waals surface area contributed by atoms with Crippen molar-refractivity contribution in [3.63, 3.8) is 0 Å². The topological polar surface area (TPSA) is 118 Å². The van der Waals surface area contributed by atoms with Gasteiger partial charge in [0.1, 0.15) is 17.9 Å². The van der Waals surface area contributed by atoms with Crippen molar-refractivity contribution < 1.29 is 17.6 Å². The largest absolute Gasteiger partial charge is 0.422 e. The Hall–Kier alpha value is -3.72. The molecule has 1 atom stereocenters. The first-order valence-electron chi connectivity index (χ1n) is 8.32. The number of anilines is 1. The molecule has 0 saturated carbocycles. The van der Waals surface area contributed by atoms with Gasteiger partial charge in [-0.1, -0.05) is 11.6 Å². The van der Waals surface area contributed by atoms with Crippen molar-refractivity contribution in [1.82, 2.24) is 29.7 Å². The number of hydrogen-bond acceptors (Lipinski definition) is 8. The fraction of sp³-hybridized carbons (Fsp3) is 0.176. The van der Waals surface area contributed by atoms with Gasteiger partial charge in [0.25, 0.3) is 12.0 Å². The zero-order valence-corrected chi connectivity index (χ0v) is 15.8. The second kappa shape index (κ2) is 7.27. The molecule has 3 aromatic heterocycles. The molecule has 0 spiro atoms. The van der Waals surface area contributed by atoms with E-state index in [2.05, 4.69) is 30.4 Å². The predicted octanol–water partition coefficient (Wildman–Crippen LogP) is 3.92. The molecule has 13 heteroatoms. The zero-order valence-electron chi connectivity index (χ0n) is 15.0. The minimum atomic E-state index is -4.56. The minimum Gasteiger partial charge on any atom is -0.422 e. The average Bonchev–Trinajstić information content (AvgIpc) is 3.34. The highest BCUT2D eigenvalue weighted by atomic mass is 35.5. The highest BCUT2D eigenvalue weighted by Gasteiger charge is 2.32. The number of nitriles is 1. The molecule has 4 rings (SSSR count). The molecule has 152 valence electrons. The van der Waals surface area contributed by atoms with Gasteiger partial charge in [0.05, 0.1) is 34.6 Å². The summed E-state index contributed by atoms with van der Waals surface area (Å²) in [6.45, 7) is 1.71. The molecule has 0 bridgehead atoms. The van der Waals surface area contributed by atoms with E-state index >= 15 is 0 Å². The lowest BCUT2D eigenvalue weighted by Gasteiger charge is -2.12. The average molecular weight is 435 g/mol. The van der Waals surface area contributed by atoms with E-state index in [-0.39, 0.29) is 33.6 Å². The summed E-state index contributed by atoms with van der Waals surface area (Å²) in [6, 6.07) is 2.96. The number of oxazole rings is 1. The Bertz CT molecular complexity index is 1260. The summed E-state index contributed by atoms with van der Waals surface area (Å²) < 4.78 is 45.7. The van der Waals surface area contributed by atoms with Crippen LogP contribution >= 0.6 is 11.6 Å². The number of rotatable bonds is 4. The van der Waals surface area contributed by atoms with Crippen LogP contribution in [0.5, 0.6) is 0 Å². The van der Waals surface area contributed by atoms with Gasteiger partial charge < -0.3 is 9.73 Å². The van der Waals surface area contributed by atoms with Crippen molar-refractivity contribution in [2.24, 2.45) is 0 Å². The van der Waals surface area contributed by atoms with Crippen molar-refractivity contribution in [3.8, 4) is 12.0 Å². The van der Waals surface area contributed by atoms with Crippen LogP contribution in [0.4, 0.5) is 19.2 Å². The molecular formula is C17H10ClF3N8O. The summed E-state index contributed by atoms with van der Waals surface area (Å²) in [6.07, 6.45) is -0.595. The van der Waals surface area contributed by atoms with Crippen LogP contribution in [0.25, 0.3) is 17.0 Å². The van der Waals surface area contributed by atoms with Crippen molar-refractivity contribution in [2.45, 2.75) is 19.1 Å². The summed E-state index contributed by atoms with van der Waals surface area (Å²) in [5.74, 6) is 0.564. The Kier molecular flexibility index (Phi) is 4.75. The number of aromatic nitrogens is 6. The summed E-state index contributed by atoms with van der Waals surface area (Å²) in [5, 5.41) is 15.6. The molecule has 0 unspecified atom stereocenters. The molecule has 9 nitrogen and oxygen atoms in total. The van der Waals surface area contributed by atoms with Crippen LogP contribution in [-0.2, 0) is 6.18 Å². The third kappa shape index (κ3) is 3.62. The first-order valence-corrected chi connectivity index (χ1v) is 8.70. The number of hydrogen-bond donors (Lipinski definition) is 1. The van der Waals surface area contributed by atoms with Gasteiger partial charge in [-0.25, -0.2) is 15.0 Å². The molecule has 0 fully saturated rings. The fourth-order valence-corrected chi connectivity index (χ4v) is 2.91. The van der Waals surface area contributed by atoms with Crippen LogP contribution in [0.15, 0.2) is 35.3 Å².